The molecule has 11 heteroatoms. The first-order chi connectivity index (χ1) is 17.7. The Hall–Kier alpha value is -3.54. The molecular formula is C26H29NO10. The Morgan fingerprint density at radius 2 is 2.03 bits per heavy atom. The summed E-state index contributed by atoms with van der Waals surface area (Å²) in [5.41, 5.74) is 0.519. The third-order valence-electron chi connectivity index (χ3n) is 6.22. The van der Waals surface area contributed by atoms with Crippen LogP contribution in [0.1, 0.15) is 36.2 Å². The SMILES string of the molecule is CC1(C)COC(=O)[C@@H]1OC(=O)C=Cc1cccc(C(=O)O[C@@H]2CC(C(=O)NCCO)=C[C@H]3OCO[C@H]32)c1. The van der Waals surface area contributed by atoms with E-state index in [2.05, 4.69) is 5.32 Å². The van der Waals surface area contributed by atoms with E-state index in [-0.39, 0.29) is 44.4 Å². The van der Waals surface area contributed by atoms with Crippen LogP contribution in [0.5, 0.6) is 0 Å². The topological polar surface area (TPSA) is 147 Å². The first-order valence-corrected chi connectivity index (χ1v) is 11.9. The lowest BCUT2D eigenvalue weighted by atomic mass is 9.90. The minimum absolute atomic E-state index is 0.0115. The summed E-state index contributed by atoms with van der Waals surface area (Å²) < 4.78 is 27.0. The first kappa shape index (κ1) is 26.5. The Labute approximate surface area is 213 Å². The normalized spacial score (nSPS) is 26.2. The van der Waals surface area contributed by atoms with Crippen LogP contribution in [0, 0.1) is 5.41 Å². The maximum atomic E-state index is 12.9. The van der Waals surface area contributed by atoms with Crippen LogP contribution < -0.4 is 5.32 Å². The Morgan fingerprint density at radius 1 is 1.22 bits per heavy atom. The predicted octanol–water partition coefficient (Wildman–Crippen LogP) is 0.900. The summed E-state index contributed by atoms with van der Waals surface area (Å²) in [6.45, 7) is 3.62. The summed E-state index contributed by atoms with van der Waals surface area (Å²) in [6, 6.07) is 6.42. The van der Waals surface area contributed by atoms with Gasteiger partial charge in [0.15, 0.2) is 0 Å². The van der Waals surface area contributed by atoms with Crippen LogP contribution in [-0.4, -0.2) is 79.9 Å². The summed E-state index contributed by atoms with van der Waals surface area (Å²) >= 11 is 0. The maximum absolute atomic E-state index is 12.9. The van der Waals surface area contributed by atoms with Crippen molar-refractivity contribution < 1.29 is 48.0 Å². The van der Waals surface area contributed by atoms with Crippen molar-refractivity contribution in [2.24, 2.45) is 5.41 Å². The van der Waals surface area contributed by atoms with Gasteiger partial charge in [-0.05, 0) is 29.8 Å². The van der Waals surface area contributed by atoms with Gasteiger partial charge < -0.3 is 34.1 Å². The van der Waals surface area contributed by atoms with E-state index in [1.807, 2.05) is 0 Å². The zero-order valence-corrected chi connectivity index (χ0v) is 20.5. The highest BCUT2D eigenvalue weighted by Gasteiger charge is 2.46. The molecule has 0 spiro atoms. The fourth-order valence-electron chi connectivity index (χ4n) is 4.24. The number of hydrogen-bond donors (Lipinski definition) is 2. The second-order valence-electron chi connectivity index (χ2n) is 9.57. The highest BCUT2D eigenvalue weighted by molar-refractivity contribution is 5.94. The molecule has 1 aromatic carbocycles. The molecule has 198 valence electrons. The lowest BCUT2D eigenvalue weighted by molar-refractivity contribution is -0.159. The van der Waals surface area contributed by atoms with Gasteiger partial charge in [-0.15, -0.1) is 0 Å². The van der Waals surface area contributed by atoms with Crippen LogP contribution in [0.2, 0.25) is 0 Å². The Balaban J connectivity index is 1.40. The number of benzene rings is 1. The summed E-state index contributed by atoms with van der Waals surface area (Å²) in [5, 5.41) is 11.5. The smallest absolute Gasteiger partial charge is 0.348 e. The van der Waals surface area contributed by atoms with Crippen molar-refractivity contribution in [3.63, 3.8) is 0 Å². The van der Waals surface area contributed by atoms with E-state index in [9.17, 15) is 19.2 Å². The van der Waals surface area contributed by atoms with Gasteiger partial charge in [0.05, 0.1) is 12.2 Å². The molecule has 2 aliphatic heterocycles. The lowest BCUT2D eigenvalue weighted by Crippen LogP contribution is -2.43. The number of ether oxygens (including phenoxy) is 5. The van der Waals surface area contributed by atoms with Crippen molar-refractivity contribution in [1.82, 2.24) is 5.32 Å². The largest absolute Gasteiger partial charge is 0.462 e. The fraction of sp³-hybridized carbons (Fsp3) is 0.462. The monoisotopic (exact) mass is 515 g/mol. The second kappa shape index (κ2) is 11.2. The molecule has 1 amide bonds. The van der Waals surface area contributed by atoms with Gasteiger partial charge in [-0.2, -0.15) is 0 Å². The molecule has 4 atom stereocenters. The number of hydrogen-bond acceptors (Lipinski definition) is 10. The van der Waals surface area contributed by atoms with E-state index < -0.39 is 47.7 Å². The summed E-state index contributed by atoms with van der Waals surface area (Å²) in [4.78, 5) is 49.4. The quantitative estimate of drug-likeness (QED) is 0.291. The number of fused-ring (bicyclic) bond motifs is 1. The van der Waals surface area contributed by atoms with E-state index in [1.54, 1.807) is 38.1 Å². The molecule has 2 fully saturated rings. The number of aliphatic hydroxyl groups is 1. The molecule has 1 aromatic rings. The number of carbonyl (C=O) groups excluding carboxylic acids is 4. The molecule has 0 saturated carbocycles. The van der Waals surface area contributed by atoms with Gasteiger partial charge >= 0.3 is 17.9 Å². The summed E-state index contributed by atoms with van der Waals surface area (Å²) in [5.74, 6) is -2.31. The first-order valence-electron chi connectivity index (χ1n) is 11.9. The van der Waals surface area contributed by atoms with E-state index >= 15 is 0 Å². The molecule has 0 bridgehead atoms. The molecule has 11 nitrogen and oxygen atoms in total. The van der Waals surface area contributed by atoms with E-state index in [1.165, 1.54) is 18.2 Å². The van der Waals surface area contributed by atoms with Gasteiger partial charge in [0, 0.05) is 30.0 Å². The van der Waals surface area contributed by atoms with Crippen molar-refractivity contribution in [3.8, 4) is 0 Å². The maximum Gasteiger partial charge on any atom is 0.348 e. The Kier molecular flexibility index (Phi) is 8.06. The molecule has 1 aliphatic carbocycles. The van der Waals surface area contributed by atoms with Gasteiger partial charge in [-0.3, -0.25) is 4.79 Å². The van der Waals surface area contributed by atoms with Crippen LogP contribution in [0.3, 0.4) is 0 Å². The van der Waals surface area contributed by atoms with E-state index in [4.69, 9.17) is 28.8 Å². The van der Waals surface area contributed by atoms with Crippen LogP contribution in [0.15, 0.2) is 42.0 Å². The Bertz CT molecular complexity index is 1120. The van der Waals surface area contributed by atoms with Gasteiger partial charge in [0.25, 0.3) is 0 Å². The van der Waals surface area contributed by atoms with Crippen LogP contribution >= 0.6 is 0 Å². The molecule has 0 radical (unpaired) electrons. The average molecular weight is 516 g/mol. The molecule has 0 aromatic heterocycles. The van der Waals surface area contributed by atoms with Crippen molar-refractivity contribution in [3.05, 3.63) is 53.1 Å². The van der Waals surface area contributed by atoms with Gasteiger partial charge in [-0.1, -0.05) is 26.0 Å². The van der Waals surface area contributed by atoms with E-state index in [0.29, 0.717) is 11.1 Å². The fourth-order valence-corrected chi connectivity index (χ4v) is 4.24. The molecular weight excluding hydrogens is 486 g/mol. The minimum atomic E-state index is -0.989. The predicted molar refractivity (Wildman–Crippen MR) is 127 cm³/mol. The molecule has 4 rings (SSSR count). The number of carbonyl (C=O) groups is 4. The molecule has 0 unspecified atom stereocenters. The van der Waals surface area contributed by atoms with E-state index in [0.717, 1.165) is 0 Å². The average Bonchev–Trinajstić information content (AvgIpc) is 3.46. The van der Waals surface area contributed by atoms with Crippen LogP contribution in [-0.2, 0) is 38.1 Å². The third kappa shape index (κ3) is 6.24. The number of cyclic esters (lactones) is 1. The van der Waals surface area contributed by atoms with Gasteiger partial charge in [-0.25, -0.2) is 14.4 Å². The standard InChI is InChI=1S/C26H29NO10/c1-26(2)13-33-25(32)22(26)37-20(29)7-6-15-4-3-5-16(10-15)24(31)36-19-12-17(23(30)27-8-9-28)11-18-21(19)35-14-34-18/h3-7,10-11,18-19,21-22,28H,8-9,12-14H2,1-2H3,(H,27,30)/t18-,19-,21-,22+/m1/s1. The van der Waals surface area contributed by atoms with Crippen molar-refractivity contribution >= 4 is 29.9 Å². The minimum Gasteiger partial charge on any atom is -0.462 e. The molecule has 37 heavy (non-hydrogen) atoms. The zero-order chi connectivity index (χ0) is 26.6. The number of rotatable bonds is 8. The summed E-state index contributed by atoms with van der Waals surface area (Å²) in [6.07, 6.45) is 1.56. The zero-order valence-electron chi connectivity index (χ0n) is 20.5. The third-order valence-corrected chi connectivity index (χ3v) is 6.22. The molecule has 2 heterocycles. The highest BCUT2D eigenvalue weighted by atomic mass is 16.7. The van der Waals surface area contributed by atoms with Crippen LogP contribution in [0.25, 0.3) is 6.08 Å². The number of amides is 1. The number of esters is 3. The molecule has 2 saturated heterocycles. The van der Waals surface area contributed by atoms with Crippen molar-refractivity contribution in [1.29, 1.82) is 0 Å². The van der Waals surface area contributed by atoms with Crippen molar-refractivity contribution in [2.75, 3.05) is 26.6 Å². The van der Waals surface area contributed by atoms with Gasteiger partial charge in [0.1, 0.15) is 31.7 Å². The molecule has 3 aliphatic rings. The number of nitrogens with one attached hydrogen (secondary N) is 1. The highest BCUT2D eigenvalue weighted by Crippen LogP contribution is 2.32. The van der Waals surface area contributed by atoms with Crippen LogP contribution in [0.4, 0.5) is 0 Å². The second-order valence-corrected chi connectivity index (χ2v) is 9.57. The Morgan fingerprint density at radius 3 is 2.76 bits per heavy atom. The summed E-state index contributed by atoms with van der Waals surface area (Å²) in [7, 11) is 0. The van der Waals surface area contributed by atoms with Gasteiger partial charge in [0.2, 0.25) is 12.0 Å². The molecule has 2 N–H and O–H groups in total. The lowest BCUT2D eigenvalue weighted by Gasteiger charge is -2.30. The van der Waals surface area contributed by atoms with Crippen molar-refractivity contribution in [2.45, 2.75) is 44.7 Å². The number of aliphatic hydroxyl groups excluding tert-OH is 1.